The first-order chi connectivity index (χ1) is 14.1. The van der Waals surface area contributed by atoms with E-state index in [4.69, 9.17) is 4.42 Å². The molecule has 0 bridgehead atoms. The third-order valence-electron chi connectivity index (χ3n) is 5.65. The molecule has 3 aromatic rings. The third-order valence-corrected chi connectivity index (χ3v) is 5.65. The van der Waals surface area contributed by atoms with E-state index in [0.717, 1.165) is 31.6 Å². The van der Waals surface area contributed by atoms with E-state index in [9.17, 15) is 9.59 Å². The molecule has 0 unspecified atom stereocenters. The van der Waals surface area contributed by atoms with Crippen LogP contribution < -0.4 is 10.9 Å². The number of amides is 1. The molecule has 1 aliphatic heterocycles. The number of para-hydroxylation sites is 1. The fraction of sp³-hybridized carbons (Fsp3) is 0.391. The minimum absolute atomic E-state index is 0.113. The maximum atomic E-state index is 12.5. The average molecular weight is 393 g/mol. The molecule has 1 aliphatic rings. The molecular formula is C23H27N3O3. The fourth-order valence-electron chi connectivity index (χ4n) is 4.09. The largest absolute Gasteiger partial charge is 0.427 e. The Morgan fingerprint density at radius 1 is 1.21 bits per heavy atom. The van der Waals surface area contributed by atoms with Crippen molar-refractivity contribution in [2.75, 3.05) is 26.2 Å². The summed E-state index contributed by atoms with van der Waals surface area (Å²) in [5.41, 5.74) is 2.50. The zero-order valence-electron chi connectivity index (χ0n) is 16.8. The van der Waals surface area contributed by atoms with E-state index in [1.807, 2.05) is 30.5 Å². The topological polar surface area (TPSA) is 78.3 Å². The summed E-state index contributed by atoms with van der Waals surface area (Å²) in [6, 6.07) is 9.95. The Kier molecular flexibility index (Phi) is 5.81. The van der Waals surface area contributed by atoms with Crippen LogP contribution in [0, 0.1) is 6.92 Å². The van der Waals surface area contributed by atoms with Gasteiger partial charge in [0.1, 0.15) is 11.3 Å². The second-order valence-electron chi connectivity index (χ2n) is 7.72. The maximum Gasteiger partial charge on any atom is 0.349 e. The Balaban J connectivity index is 1.39. The van der Waals surface area contributed by atoms with Crippen LogP contribution in [0.4, 0.5) is 0 Å². The summed E-state index contributed by atoms with van der Waals surface area (Å²) in [4.78, 5) is 30.5. The monoisotopic (exact) mass is 393 g/mol. The minimum atomic E-state index is -0.558. The van der Waals surface area contributed by atoms with Gasteiger partial charge in [0.15, 0.2) is 0 Å². The molecule has 0 saturated carbocycles. The number of hydrogen-bond donors (Lipinski definition) is 2. The van der Waals surface area contributed by atoms with E-state index < -0.39 is 5.63 Å². The zero-order valence-corrected chi connectivity index (χ0v) is 16.8. The highest BCUT2D eigenvalue weighted by Crippen LogP contribution is 2.19. The van der Waals surface area contributed by atoms with Crippen molar-refractivity contribution >= 4 is 16.8 Å². The first kappa shape index (κ1) is 19.5. The van der Waals surface area contributed by atoms with Crippen LogP contribution in [0.3, 0.4) is 0 Å². The molecule has 1 saturated heterocycles. The molecule has 0 atom stereocenters. The van der Waals surface area contributed by atoms with Crippen molar-refractivity contribution in [1.29, 1.82) is 0 Å². The highest BCUT2D eigenvalue weighted by Gasteiger charge is 2.18. The van der Waals surface area contributed by atoms with Gasteiger partial charge in [-0.3, -0.25) is 4.79 Å². The average Bonchev–Trinajstić information content (AvgIpc) is 3.36. The van der Waals surface area contributed by atoms with E-state index in [0.29, 0.717) is 24.3 Å². The molecule has 6 nitrogen and oxygen atoms in total. The van der Waals surface area contributed by atoms with Gasteiger partial charge >= 0.3 is 5.63 Å². The molecule has 1 amide bonds. The quantitative estimate of drug-likeness (QED) is 0.647. The molecule has 2 N–H and O–H groups in total. The summed E-state index contributed by atoms with van der Waals surface area (Å²) in [6.07, 6.45) is 5.80. The summed E-state index contributed by atoms with van der Waals surface area (Å²) < 4.78 is 5.46. The SMILES string of the molecule is Cc1cc(CCc2c[nH]c3ccccc23)oc(=O)c1C(=O)NCCN1CCCC1. The van der Waals surface area contributed by atoms with Gasteiger partial charge in [-0.25, -0.2) is 4.79 Å². The van der Waals surface area contributed by atoms with Crippen LogP contribution in [-0.4, -0.2) is 42.0 Å². The maximum absolute atomic E-state index is 12.5. The number of rotatable bonds is 7. The van der Waals surface area contributed by atoms with E-state index in [2.05, 4.69) is 21.3 Å². The molecular weight excluding hydrogens is 366 g/mol. The van der Waals surface area contributed by atoms with Crippen LogP contribution in [0.25, 0.3) is 10.9 Å². The Morgan fingerprint density at radius 3 is 2.79 bits per heavy atom. The molecule has 6 heteroatoms. The number of aromatic amines is 1. The lowest BCUT2D eigenvalue weighted by molar-refractivity contribution is 0.0944. The molecule has 1 fully saturated rings. The minimum Gasteiger partial charge on any atom is -0.427 e. The molecule has 152 valence electrons. The Bertz CT molecular complexity index is 1060. The van der Waals surface area contributed by atoms with Crippen molar-refractivity contribution in [1.82, 2.24) is 15.2 Å². The van der Waals surface area contributed by atoms with Crippen LogP contribution in [-0.2, 0) is 12.8 Å². The lowest BCUT2D eigenvalue weighted by Gasteiger charge is -2.15. The van der Waals surface area contributed by atoms with Gasteiger partial charge in [0.25, 0.3) is 5.91 Å². The Labute approximate surface area is 169 Å². The smallest absolute Gasteiger partial charge is 0.349 e. The number of likely N-dealkylation sites (tertiary alicyclic amines) is 1. The predicted molar refractivity (Wildman–Crippen MR) is 113 cm³/mol. The van der Waals surface area contributed by atoms with Crippen LogP contribution in [0.5, 0.6) is 0 Å². The number of aryl methyl sites for hydroxylation is 3. The summed E-state index contributed by atoms with van der Waals surface area (Å²) in [6.45, 7) is 5.32. The standard InChI is InChI=1S/C23H27N3O3/c1-16-14-18(9-8-17-15-25-20-7-3-2-6-19(17)20)29-23(28)21(16)22(27)24-10-13-26-11-4-5-12-26/h2-3,6-7,14-15,25H,4-5,8-13H2,1H3,(H,24,27). The van der Waals surface area contributed by atoms with E-state index in [1.54, 1.807) is 6.92 Å². The van der Waals surface area contributed by atoms with Crippen molar-refractivity contribution < 1.29 is 9.21 Å². The summed E-state index contributed by atoms with van der Waals surface area (Å²) in [5, 5.41) is 4.04. The number of H-pyrrole nitrogens is 1. The third kappa shape index (κ3) is 4.43. The van der Waals surface area contributed by atoms with Gasteiger partial charge in [-0.05, 0) is 62.5 Å². The van der Waals surface area contributed by atoms with Crippen LogP contribution in [0.15, 0.2) is 45.7 Å². The van der Waals surface area contributed by atoms with Gasteiger partial charge in [0, 0.05) is 36.6 Å². The lowest BCUT2D eigenvalue weighted by atomic mass is 10.1. The molecule has 0 aliphatic carbocycles. The fourth-order valence-corrected chi connectivity index (χ4v) is 4.09. The predicted octanol–water partition coefficient (Wildman–Crippen LogP) is 3.04. The molecule has 0 radical (unpaired) electrons. The molecule has 0 spiro atoms. The number of hydrogen-bond acceptors (Lipinski definition) is 4. The molecule has 4 rings (SSSR count). The highest BCUT2D eigenvalue weighted by molar-refractivity contribution is 5.95. The van der Waals surface area contributed by atoms with Crippen molar-refractivity contribution in [3.05, 3.63) is 69.4 Å². The molecule has 2 aromatic heterocycles. The van der Waals surface area contributed by atoms with Crippen LogP contribution >= 0.6 is 0 Å². The Morgan fingerprint density at radius 2 is 2.00 bits per heavy atom. The first-order valence-corrected chi connectivity index (χ1v) is 10.3. The van der Waals surface area contributed by atoms with E-state index >= 15 is 0 Å². The van der Waals surface area contributed by atoms with Crippen molar-refractivity contribution in [3.8, 4) is 0 Å². The number of fused-ring (bicyclic) bond motifs is 1. The van der Waals surface area contributed by atoms with E-state index in [1.165, 1.54) is 23.8 Å². The first-order valence-electron chi connectivity index (χ1n) is 10.3. The number of carbonyl (C=O) groups excluding carboxylic acids is 1. The van der Waals surface area contributed by atoms with Gasteiger partial charge in [0.2, 0.25) is 0 Å². The number of carbonyl (C=O) groups is 1. The number of aromatic nitrogens is 1. The number of benzene rings is 1. The van der Waals surface area contributed by atoms with Gasteiger partial charge in [-0.15, -0.1) is 0 Å². The number of nitrogens with one attached hydrogen (secondary N) is 2. The summed E-state index contributed by atoms with van der Waals surface area (Å²) in [5.74, 6) is 0.255. The van der Waals surface area contributed by atoms with E-state index in [-0.39, 0.29) is 11.5 Å². The zero-order chi connectivity index (χ0) is 20.2. The number of nitrogens with zero attached hydrogens (tertiary/aromatic N) is 1. The summed E-state index contributed by atoms with van der Waals surface area (Å²) >= 11 is 0. The van der Waals surface area contributed by atoms with Gasteiger partial charge in [-0.2, -0.15) is 0 Å². The van der Waals surface area contributed by atoms with Crippen LogP contribution in [0.2, 0.25) is 0 Å². The van der Waals surface area contributed by atoms with Gasteiger partial charge < -0.3 is 19.6 Å². The van der Waals surface area contributed by atoms with Crippen molar-refractivity contribution in [2.45, 2.75) is 32.6 Å². The molecule has 1 aromatic carbocycles. The van der Waals surface area contributed by atoms with Crippen molar-refractivity contribution in [2.24, 2.45) is 0 Å². The molecule has 29 heavy (non-hydrogen) atoms. The second kappa shape index (κ2) is 8.66. The molecule has 3 heterocycles. The summed E-state index contributed by atoms with van der Waals surface area (Å²) in [7, 11) is 0. The van der Waals surface area contributed by atoms with Crippen molar-refractivity contribution in [3.63, 3.8) is 0 Å². The van der Waals surface area contributed by atoms with Crippen LogP contribution in [0.1, 0.15) is 40.1 Å². The highest BCUT2D eigenvalue weighted by atomic mass is 16.4. The lowest BCUT2D eigenvalue weighted by Crippen LogP contribution is -2.36. The van der Waals surface area contributed by atoms with Gasteiger partial charge in [0.05, 0.1) is 0 Å². The second-order valence-corrected chi connectivity index (χ2v) is 7.72. The Hall–Kier alpha value is -2.86. The normalized spacial score (nSPS) is 14.5. The van der Waals surface area contributed by atoms with Gasteiger partial charge in [-0.1, -0.05) is 18.2 Å².